The second kappa shape index (κ2) is 6.21. The number of amides is 1. The van der Waals surface area contributed by atoms with Crippen molar-refractivity contribution < 1.29 is 4.79 Å². The number of likely N-dealkylation sites (N-methyl/N-ethyl adjacent to an activating group) is 1. The van der Waals surface area contributed by atoms with E-state index in [0.29, 0.717) is 18.5 Å². The number of rotatable bonds is 4. The predicted octanol–water partition coefficient (Wildman–Crippen LogP) is 0.395. The van der Waals surface area contributed by atoms with Crippen LogP contribution in [0.15, 0.2) is 0 Å². The molecule has 4 heteroatoms. The highest BCUT2D eigenvalue weighted by atomic mass is 16.2. The van der Waals surface area contributed by atoms with E-state index in [4.69, 9.17) is 0 Å². The Morgan fingerprint density at radius 3 is 2.25 bits per heavy atom. The van der Waals surface area contributed by atoms with Gasteiger partial charge in [0.25, 0.3) is 0 Å². The van der Waals surface area contributed by atoms with Gasteiger partial charge in [-0.2, -0.15) is 0 Å². The largest absolute Gasteiger partial charge is 0.339 e. The van der Waals surface area contributed by atoms with Crippen molar-refractivity contribution in [2.75, 3.05) is 39.8 Å². The van der Waals surface area contributed by atoms with Gasteiger partial charge < -0.3 is 15.1 Å². The van der Waals surface area contributed by atoms with Crippen LogP contribution in [0.25, 0.3) is 0 Å². The van der Waals surface area contributed by atoms with Crippen molar-refractivity contribution in [2.45, 2.75) is 26.8 Å². The summed E-state index contributed by atoms with van der Waals surface area (Å²) in [5.74, 6) is 0.806. The maximum atomic E-state index is 11.9. The molecule has 0 bridgehead atoms. The Bertz CT molecular complexity index is 222. The van der Waals surface area contributed by atoms with E-state index in [0.717, 1.165) is 26.2 Å². The summed E-state index contributed by atoms with van der Waals surface area (Å²) in [7, 11) is 2.10. The predicted molar refractivity (Wildman–Crippen MR) is 66.4 cm³/mol. The van der Waals surface area contributed by atoms with Crippen LogP contribution in [-0.4, -0.2) is 61.5 Å². The van der Waals surface area contributed by atoms with E-state index in [2.05, 4.69) is 38.0 Å². The second-order valence-electron chi connectivity index (χ2n) is 5.10. The van der Waals surface area contributed by atoms with E-state index >= 15 is 0 Å². The molecule has 1 rings (SSSR count). The first-order valence-corrected chi connectivity index (χ1v) is 6.20. The van der Waals surface area contributed by atoms with Crippen LogP contribution in [0.5, 0.6) is 0 Å². The van der Waals surface area contributed by atoms with E-state index in [1.54, 1.807) is 0 Å². The Morgan fingerprint density at radius 2 is 1.75 bits per heavy atom. The lowest BCUT2D eigenvalue weighted by Gasteiger charge is -2.33. The highest BCUT2D eigenvalue weighted by Crippen LogP contribution is 2.01. The maximum absolute atomic E-state index is 11.9. The minimum Gasteiger partial charge on any atom is -0.339 e. The summed E-state index contributed by atoms with van der Waals surface area (Å²) in [5, 5.41) is 3.29. The fourth-order valence-electron chi connectivity index (χ4n) is 1.65. The number of nitrogens with zero attached hydrogens (tertiary/aromatic N) is 2. The Hall–Kier alpha value is -0.610. The van der Waals surface area contributed by atoms with E-state index in [-0.39, 0.29) is 5.91 Å². The zero-order valence-corrected chi connectivity index (χ0v) is 11.0. The third-order valence-electron chi connectivity index (χ3n) is 3.43. The topological polar surface area (TPSA) is 35.6 Å². The van der Waals surface area contributed by atoms with Gasteiger partial charge in [-0.1, -0.05) is 13.8 Å². The quantitative estimate of drug-likeness (QED) is 0.755. The Balaban J connectivity index is 2.25. The molecule has 0 aliphatic carbocycles. The van der Waals surface area contributed by atoms with Crippen LogP contribution in [0, 0.1) is 5.92 Å². The van der Waals surface area contributed by atoms with Crippen molar-refractivity contribution in [1.29, 1.82) is 0 Å². The SMILES string of the molecule is CC(C)C(C)NCC(=O)N1CCN(C)CC1. The van der Waals surface area contributed by atoms with Gasteiger partial charge in [0, 0.05) is 32.2 Å². The monoisotopic (exact) mass is 227 g/mol. The normalized spacial score (nSPS) is 20.2. The van der Waals surface area contributed by atoms with E-state index in [1.165, 1.54) is 0 Å². The average Bonchev–Trinajstić information content (AvgIpc) is 2.26. The van der Waals surface area contributed by atoms with E-state index in [9.17, 15) is 4.79 Å². The van der Waals surface area contributed by atoms with Gasteiger partial charge in [0.1, 0.15) is 0 Å². The summed E-state index contributed by atoms with van der Waals surface area (Å²) in [6.45, 7) is 10.7. The highest BCUT2D eigenvalue weighted by Gasteiger charge is 2.19. The van der Waals surface area contributed by atoms with Crippen molar-refractivity contribution in [3.63, 3.8) is 0 Å². The minimum absolute atomic E-state index is 0.237. The van der Waals surface area contributed by atoms with Gasteiger partial charge >= 0.3 is 0 Å². The Kier molecular flexibility index (Phi) is 5.22. The molecule has 0 aromatic carbocycles. The van der Waals surface area contributed by atoms with Crippen molar-refractivity contribution in [1.82, 2.24) is 15.1 Å². The zero-order valence-electron chi connectivity index (χ0n) is 11.0. The van der Waals surface area contributed by atoms with Crippen LogP contribution in [0.4, 0.5) is 0 Å². The fraction of sp³-hybridized carbons (Fsp3) is 0.917. The third-order valence-corrected chi connectivity index (χ3v) is 3.43. The van der Waals surface area contributed by atoms with Gasteiger partial charge in [-0.3, -0.25) is 4.79 Å². The van der Waals surface area contributed by atoms with Crippen LogP contribution >= 0.6 is 0 Å². The molecule has 1 unspecified atom stereocenters. The number of nitrogens with one attached hydrogen (secondary N) is 1. The molecule has 1 atom stereocenters. The molecule has 1 amide bonds. The number of carbonyl (C=O) groups excluding carboxylic acids is 1. The Morgan fingerprint density at radius 1 is 1.19 bits per heavy atom. The average molecular weight is 227 g/mol. The molecule has 1 saturated heterocycles. The number of piperazine rings is 1. The first-order valence-electron chi connectivity index (χ1n) is 6.20. The van der Waals surface area contributed by atoms with Crippen molar-refractivity contribution >= 4 is 5.91 Å². The second-order valence-corrected chi connectivity index (χ2v) is 5.10. The molecule has 1 heterocycles. The first kappa shape index (κ1) is 13.5. The maximum Gasteiger partial charge on any atom is 0.236 e. The molecule has 1 aliphatic rings. The number of carbonyl (C=O) groups is 1. The first-order chi connectivity index (χ1) is 7.50. The Labute approximate surface area is 99.0 Å². The number of hydrogen-bond donors (Lipinski definition) is 1. The van der Waals surface area contributed by atoms with Gasteiger partial charge in [-0.25, -0.2) is 0 Å². The molecule has 0 aromatic rings. The number of hydrogen-bond acceptors (Lipinski definition) is 3. The highest BCUT2D eigenvalue weighted by molar-refractivity contribution is 5.78. The lowest BCUT2D eigenvalue weighted by Crippen LogP contribution is -2.50. The van der Waals surface area contributed by atoms with Gasteiger partial charge in [0.15, 0.2) is 0 Å². The summed E-state index contributed by atoms with van der Waals surface area (Å²) < 4.78 is 0. The lowest BCUT2D eigenvalue weighted by molar-refractivity contribution is -0.131. The molecule has 1 fully saturated rings. The van der Waals surface area contributed by atoms with Crippen LogP contribution in [0.2, 0.25) is 0 Å². The molecule has 0 aromatic heterocycles. The summed E-state index contributed by atoms with van der Waals surface area (Å²) in [4.78, 5) is 16.1. The fourth-order valence-corrected chi connectivity index (χ4v) is 1.65. The molecule has 0 spiro atoms. The summed E-state index contributed by atoms with van der Waals surface area (Å²) >= 11 is 0. The van der Waals surface area contributed by atoms with Gasteiger partial charge in [-0.05, 0) is 19.9 Å². The molecule has 16 heavy (non-hydrogen) atoms. The van der Waals surface area contributed by atoms with Gasteiger partial charge in [-0.15, -0.1) is 0 Å². The van der Waals surface area contributed by atoms with Crippen molar-refractivity contribution in [2.24, 2.45) is 5.92 Å². The smallest absolute Gasteiger partial charge is 0.236 e. The molecule has 4 nitrogen and oxygen atoms in total. The van der Waals surface area contributed by atoms with Gasteiger partial charge in [0.05, 0.1) is 6.54 Å². The van der Waals surface area contributed by atoms with Crippen LogP contribution in [-0.2, 0) is 4.79 Å². The minimum atomic E-state index is 0.237. The summed E-state index contributed by atoms with van der Waals surface area (Å²) in [6, 6.07) is 0.399. The van der Waals surface area contributed by atoms with Crippen molar-refractivity contribution in [3.8, 4) is 0 Å². The zero-order chi connectivity index (χ0) is 12.1. The van der Waals surface area contributed by atoms with Gasteiger partial charge in [0.2, 0.25) is 5.91 Å². The summed E-state index contributed by atoms with van der Waals surface area (Å²) in [6.07, 6.45) is 0. The molecule has 0 radical (unpaired) electrons. The molecular formula is C12H25N3O. The van der Waals surface area contributed by atoms with Crippen molar-refractivity contribution in [3.05, 3.63) is 0 Å². The molecule has 1 aliphatic heterocycles. The third kappa shape index (κ3) is 4.10. The van der Waals surface area contributed by atoms with Crippen LogP contribution < -0.4 is 5.32 Å². The van der Waals surface area contributed by atoms with Crippen LogP contribution in [0.1, 0.15) is 20.8 Å². The lowest BCUT2D eigenvalue weighted by atomic mass is 10.1. The molecular weight excluding hydrogens is 202 g/mol. The summed E-state index contributed by atoms with van der Waals surface area (Å²) in [5.41, 5.74) is 0. The van der Waals surface area contributed by atoms with E-state index in [1.807, 2.05) is 4.90 Å². The molecule has 1 N–H and O–H groups in total. The van der Waals surface area contributed by atoms with Crippen LogP contribution in [0.3, 0.4) is 0 Å². The standard InChI is InChI=1S/C12H25N3O/c1-10(2)11(3)13-9-12(16)15-7-5-14(4)6-8-15/h10-11,13H,5-9H2,1-4H3. The molecule has 0 saturated carbocycles. The van der Waals surface area contributed by atoms with E-state index < -0.39 is 0 Å². The molecule has 94 valence electrons.